The first-order valence-corrected chi connectivity index (χ1v) is 6.21. The van der Waals surface area contributed by atoms with Gasteiger partial charge in [0.15, 0.2) is 0 Å². The van der Waals surface area contributed by atoms with Crippen molar-refractivity contribution in [1.29, 1.82) is 0 Å². The molecule has 0 aliphatic carbocycles. The summed E-state index contributed by atoms with van der Waals surface area (Å²) in [5.74, 6) is 0.646. The smallest absolute Gasteiger partial charge is 0.328 e. The standard InChI is InChI=1S/C14H19NO5/c1-10(14(17)19-3)15-13(16)8-9-20-12-6-4-11(18-2)5-7-12/h4-7,10H,8-9H2,1-3H3,(H,15,16). The third-order valence-corrected chi connectivity index (χ3v) is 2.59. The molecule has 0 radical (unpaired) electrons. The Balaban J connectivity index is 2.29. The lowest BCUT2D eigenvalue weighted by Crippen LogP contribution is -2.39. The average Bonchev–Trinajstić information content (AvgIpc) is 2.47. The molecule has 0 aromatic heterocycles. The van der Waals surface area contributed by atoms with E-state index in [1.165, 1.54) is 7.11 Å². The van der Waals surface area contributed by atoms with Crippen LogP contribution in [0.2, 0.25) is 0 Å². The first kappa shape index (κ1) is 15.8. The Bertz CT molecular complexity index is 443. The Labute approximate surface area is 118 Å². The van der Waals surface area contributed by atoms with Crippen molar-refractivity contribution in [2.45, 2.75) is 19.4 Å². The number of rotatable bonds is 7. The number of ether oxygens (including phenoxy) is 3. The number of amides is 1. The quantitative estimate of drug-likeness (QED) is 0.759. The maximum atomic E-state index is 11.5. The fourth-order valence-corrected chi connectivity index (χ4v) is 1.48. The van der Waals surface area contributed by atoms with Crippen molar-refractivity contribution in [2.24, 2.45) is 0 Å². The van der Waals surface area contributed by atoms with E-state index in [4.69, 9.17) is 9.47 Å². The van der Waals surface area contributed by atoms with Crippen LogP contribution in [0.4, 0.5) is 0 Å². The number of carbonyl (C=O) groups excluding carboxylic acids is 2. The highest BCUT2D eigenvalue weighted by molar-refractivity contribution is 5.84. The summed E-state index contributed by atoms with van der Waals surface area (Å²) >= 11 is 0. The molecule has 0 aliphatic rings. The highest BCUT2D eigenvalue weighted by atomic mass is 16.5. The molecule has 1 rings (SSSR count). The lowest BCUT2D eigenvalue weighted by molar-refractivity contribution is -0.144. The van der Waals surface area contributed by atoms with Crippen LogP contribution in [0.15, 0.2) is 24.3 Å². The summed E-state index contributed by atoms with van der Waals surface area (Å²) in [5, 5.41) is 2.52. The van der Waals surface area contributed by atoms with E-state index in [9.17, 15) is 9.59 Å². The number of hydrogen-bond acceptors (Lipinski definition) is 5. The van der Waals surface area contributed by atoms with Crippen molar-refractivity contribution < 1.29 is 23.8 Å². The molecule has 1 atom stereocenters. The van der Waals surface area contributed by atoms with Gasteiger partial charge in [-0.25, -0.2) is 4.79 Å². The molecule has 20 heavy (non-hydrogen) atoms. The second-order valence-corrected chi connectivity index (χ2v) is 4.09. The van der Waals surface area contributed by atoms with Gasteiger partial charge in [-0.2, -0.15) is 0 Å². The summed E-state index contributed by atoms with van der Waals surface area (Å²) in [6, 6.07) is 6.40. The predicted octanol–water partition coefficient (Wildman–Crippen LogP) is 1.14. The summed E-state index contributed by atoms with van der Waals surface area (Å²) in [6.45, 7) is 1.79. The third kappa shape index (κ3) is 5.17. The van der Waals surface area contributed by atoms with E-state index in [-0.39, 0.29) is 18.9 Å². The van der Waals surface area contributed by atoms with Crippen LogP contribution in [0.25, 0.3) is 0 Å². The van der Waals surface area contributed by atoms with Crippen molar-refractivity contribution >= 4 is 11.9 Å². The highest BCUT2D eigenvalue weighted by Crippen LogP contribution is 2.16. The first-order valence-electron chi connectivity index (χ1n) is 6.21. The second kappa shape index (κ2) is 8.04. The molecule has 1 amide bonds. The van der Waals surface area contributed by atoms with Crippen LogP contribution in [-0.4, -0.2) is 38.7 Å². The van der Waals surface area contributed by atoms with Gasteiger partial charge in [-0.05, 0) is 31.2 Å². The zero-order chi connectivity index (χ0) is 15.0. The SMILES string of the molecule is COC(=O)C(C)NC(=O)CCOc1ccc(OC)cc1. The summed E-state index contributed by atoms with van der Waals surface area (Å²) in [5.41, 5.74) is 0. The molecule has 1 unspecified atom stereocenters. The van der Waals surface area contributed by atoms with E-state index in [0.717, 1.165) is 5.75 Å². The molecule has 6 heteroatoms. The van der Waals surface area contributed by atoms with Gasteiger partial charge in [0.25, 0.3) is 0 Å². The van der Waals surface area contributed by atoms with Gasteiger partial charge in [0.1, 0.15) is 17.5 Å². The second-order valence-electron chi connectivity index (χ2n) is 4.09. The van der Waals surface area contributed by atoms with Crippen LogP contribution < -0.4 is 14.8 Å². The number of benzene rings is 1. The van der Waals surface area contributed by atoms with E-state index in [0.29, 0.717) is 5.75 Å². The van der Waals surface area contributed by atoms with E-state index >= 15 is 0 Å². The molecule has 1 N–H and O–H groups in total. The maximum absolute atomic E-state index is 11.5. The zero-order valence-corrected chi connectivity index (χ0v) is 11.8. The molecule has 110 valence electrons. The van der Waals surface area contributed by atoms with Crippen LogP contribution in [0, 0.1) is 0 Å². The number of nitrogens with one attached hydrogen (secondary N) is 1. The lowest BCUT2D eigenvalue weighted by Gasteiger charge is -2.12. The minimum absolute atomic E-state index is 0.160. The van der Waals surface area contributed by atoms with E-state index in [1.807, 2.05) is 0 Å². The summed E-state index contributed by atoms with van der Waals surface area (Å²) in [4.78, 5) is 22.7. The molecular weight excluding hydrogens is 262 g/mol. The van der Waals surface area contributed by atoms with Crippen molar-refractivity contribution in [3.8, 4) is 11.5 Å². The molecule has 0 spiro atoms. The number of hydrogen-bond donors (Lipinski definition) is 1. The van der Waals surface area contributed by atoms with E-state index in [2.05, 4.69) is 10.1 Å². The van der Waals surface area contributed by atoms with Crippen LogP contribution in [0.1, 0.15) is 13.3 Å². The lowest BCUT2D eigenvalue weighted by atomic mass is 10.3. The van der Waals surface area contributed by atoms with Crippen molar-refractivity contribution in [2.75, 3.05) is 20.8 Å². The number of carbonyl (C=O) groups is 2. The van der Waals surface area contributed by atoms with Gasteiger partial charge < -0.3 is 19.5 Å². The van der Waals surface area contributed by atoms with Crippen LogP contribution >= 0.6 is 0 Å². The number of esters is 1. The fraction of sp³-hybridized carbons (Fsp3) is 0.429. The van der Waals surface area contributed by atoms with Crippen LogP contribution in [0.3, 0.4) is 0 Å². The summed E-state index contributed by atoms with van der Waals surface area (Å²) in [7, 11) is 2.86. The molecule has 0 fully saturated rings. The average molecular weight is 281 g/mol. The van der Waals surface area contributed by atoms with E-state index < -0.39 is 12.0 Å². The molecule has 1 aromatic rings. The minimum atomic E-state index is -0.659. The van der Waals surface area contributed by atoms with Gasteiger partial charge in [-0.15, -0.1) is 0 Å². The monoisotopic (exact) mass is 281 g/mol. The van der Waals surface area contributed by atoms with Gasteiger partial charge in [-0.1, -0.05) is 0 Å². The van der Waals surface area contributed by atoms with E-state index in [1.54, 1.807) is 38.3 Å². The molecule has 0 heterocycles. The summed E-state index contributed by atoms with van der Waals surface area (Å²) in [6.07, 6.45) is 0.160. The van der Waals surface area contributed by atoms with Gasteiger partial charge in [-0.3, -0.25) is 4.79 Å². The van der Waals surface area contributed by atoms with Gasteiger partial charge in [0.2, 0.25) is 5.91 Å². The zero-order valence-electron chi connectivity index (χ0n) is 11.8. The minimum Gasteiger partial charge on any atom is -0.497 e. The third-order valence-electron chi connectivity index (χ3n) is 2.59. The normalized spacial score (nSPS) is 11.3. The molecule has 0 aliphatic heterocycles. The maximum Gasteiger partial charge on any atom is 0.328 e. The highest BCUT2D eigenvalue weighted by Gasteiger charge is 2.15. The first-order chi connectivity index (χ1) is 9.56. The van der Waals surface area contributed by atoms with Crippen LogP contribution in [-0.2, 0) is 14.3 Å². The van der Waals surface area contributed by atoms with Gasteiger partial charge >= 0.3 is 5.97 Å². The fourth-order valence-electron chi connectivity index (χ4n) is 1.48. The topological polar surface area (TPSA) is 73.9 Å². The molecule has 0 saturated heterocycles. The van der Waals surface area contributed by atoms with Gasteiger partial charge in [0.05, 0.1) is 27.2 Å². The molecule has 6 nitrogen and oxygen atoms in total. The number of methoxy groups -OCH3 is 2. The predicted molar refractivity (Wildman–Crippen MR) is 72.7 cm³/mol. The molecular formula is C14H19NO5. The molecule has 0 bridgehead atoms. The Morgan fingerprint density at radius 1 is 1.15 bits per heavy atom. The van der Waals surface area contributed by atoms with Crippen molar-refractivity contribution in [3.05, 3.63) is 24.3 Å². The van der Waals surface area contributed by atoms with Crippen LogP contribution in [0.5, 0.6) is 11.5 Å². The Morgan fingerprint density at radius 2 is 1.75 bits per heavy atom. The van der Waals surface area contributed by atoms with Crippen molar-refractivity contribution in [3.63, 3.8) is 0 Å². The van der Waals surface area contributed by atoms with Gasteiger partial charge in [0, 0.05) is 0 Å². The Kier molecular flexibility index (Phi) is 6.36. The molecule has 1 aromatic carbocycles. The Morgan fingerprint density at radius 3 is 2.30 bits per heavy atom. The Hall–Kier alpha value is -2.24. The summed E-state index contributed by atoms with van der Waals surface area (Å²) < 4.78 is 14.9. The van der Waals surface area contributed by atoms with Crippen molar-refractivity contribution in [1.82, 2.24) is 5.32 Å². The molecule has 0 saturated carbocycles. The largest absolute Gasteiger partial charge is 0.497 e.